The van der Waals surface area contributed by atoms with E-state index in [-0.39, 0.29) is 6.04 Å². The van der Waals surface area contributed by atoms with E-state index in [1.165, 1.54) is 25.0 Å². The van der Waals surface area contributed by atoms with Crippen LogP contribution in [0, 0.1) is 11.6 Å². The van der Waals surface area contributed by atoms with Crippen LogP contribution in [0.2, 0.25) is 0 Å². The zero-order chi connectivity index (χ0) is 11.4. The first-order valence-corrected chi connectivity index (χ1v) is 5.95. The van der Waals surface area contributed by atoms with Gasteiger partial charge >= 0.3 is 0 Å². The summed E-state index contributed by atoms with van der Waals surface area (Å²) in [6.07, 6.45) is 5.69. The van der Waals surface area contributed by atoms with Crippen molar-refractivity contribution in [3.8, 4) is 0 Å². The topological polar surface area (TPSA) is 12.0 Å². The molecule has 0 radical (unpaired) electrons. The van der Waals surface area contributed by atoms with Crippen molar-refractivity contribution in [1.82, 2.24) is 5.32 Å². The molecule has 1 fully saturated rings. The molecule has 1 aromatic carbocycles. The fourth-order valence-corrected chi connectivity index (χ4v) is 2.27. The molecule has 1 aliphatic rings. The smallest absolute Gasteiger partial charge is 0.126 e. The summed E-state index contributed by atoms with van der Waals surface area (Å²) in [5.74, 6) is -0.974. The van der Waals surface area contributed by atoms with Crippen molar-refractivity contribution in [2.24, 2.45) is 0 Å². The fourth-order valence-electron chi connectivity index (χ4n) is 2.27. The molecule has 16 heavy (non-hydrogen) atoms. The highest BCUT2D eigenvalue weighted by Crippen LogP contribution is 2.23. The summed E-state index contributed by atoms with van der Waals surface area (Å²) in [5.41, 5.74) is 0.736. The average molecular weight is 225 g/mol. The fraction of sp³-hybridized carbons (Fsp3) is 0.538. The van der Waals surface area contributed by atoms with Gasteiger partial charge in [-0.15, -0.1) is 0 Å². The SMILES string of the molecule is Fc1cc(F)cc(C2CCCCCCN2)c1. The van der Waals surface area contributed by atoms with Crippen LogP contribution in [-0.4, -0.2) is 6.54 Å². The molecule has 0 bridgehead atoms. The van der Waals surface area contributed by atoms with Crippen LogP contribution in [0.15, 0.2) is 18.2 Å². The highest BCUT2D eigenvalue weighted by Gasteiger charge is 2.14. The van der Waals surface area contributed by atoms with E-state index in [1.54, 1.807) is 0 Å². The molecule has 0 spiro atoms. The molecule has 1 aromatic rings. The third-order valence-corrected chi connectivity index (χ3v) is 3.10. The second-order valence-electron chi connectivity index (χ2n) is 4.41. The van der Waals surface area contributed by atoms with Gasteiger partial charge in [0.1, 0.15) is 11.6 Å². The monoisotopic (exact) mass is 225 g/mol. The van der Waals surface area contributed by atoms with Gasteiger partial charge in [-0.25, -0.2) is 8.78 Å². The molecule has 1 atom stereocenters. The molecule has 3 heteroatoms. The molecular formula is C13H17F2N. The molecule has 1 heterocycles. The molecule has 0 saturated carbocycles. The number of nitrogens with one attached hydrogen (secondary N) is 1. The van der Waals surface area contributed by atoms with Crippen LogP contribution in [0.5, 0.6) is 0 Å². The molecule has 0 aromatic heterocycles. The molecule has 88 valence electrons. The molecule has 0 aliphatic carbocycles. The maximum absolute atomic E-state index is 13.1. The number of hydrogen-bond donors (Lipinski definition) is 1. The van der Waals surface area contributed by atoms with Crippen LogP contribution in [0.25, 0.3) is 0 Å². The second kappa shape index (κ2) is 5.39. The van der Waals surface area contributed by atoms with Crippen LogP contribution in [-0.2, 0) is 0 Å². The van der Waals surface area contributed by atoms with Gasteiger partial charge < -0.3 is 5.32 Å². The van der Waals surface area contributed by atoms with E-state index in [4.69, 9.17) is 0 Å². The van der Waals surface area contributed by atoms with Crippen molar-refractivity contribution in [3.05, 3.63) is 35.4 Å². The van der Waals surface area contributed by atoms with Crippen LogP contribution in [0.3, 0.4) is 0 Å². The van der Waals surface area contributed by atoms with E-state index in [2.05, 4.69) is 5.32 Å². The summed E-state index contributed by atoms with van der Waals surface area (Å²) in [7, 11) is 0. The summed E-state index contributed by atoms with van der Waals surface area (Å²) in [6.45, 7) is 0.933. The minimum Gasteiger partial charge on any atom is -0.310 e. The maximum atomic E-state index is 13.1. The van der Waals surface area contributed by atoms with Crippen molar-refractivity contribution < 1.29 is 8.78 Å². The van der Waals surface area contributed by atoms with Gasteiger partial charge in [0.2, 0.25) is 0 Å². The van der Waals surface area contributed by atoms with Gasteiger partial charge in [-0.1, -0.05) is 19.3 Å². The Balaban J connectivity index is 2.13. The minimum absolute atomic E-state index is 0.102. The van der Waals surface area contributed by atoms with E-state index < -0.39 is 11.6 Å². The van der Waals surface area contributed by atoms with Crippen LogP contribution in [0.4, 0.5) is 8.78 Å². The average Bonchev–Trinajstić information content (AvgIpc) is 2.14. The molecule has 1 nitrogen and oxygen atoms in total. The number of benzene rings is 1. The van der Waals surface area contributed by atoms with Gasteiger partial charge in [-0.05, 0) is 37.1 Å². The van der Waals surface area contributed by atoms with E-state index in [1.807, 2.05) is 0 Å². The Morgan fingerprint density at radius 2 is 1.62 bits per heavy atom. The zero-order valence-electron chi connectivity index (χ0n) is 9.31. The number of halogens is 2. The molecular weight excluding hydrogens is 208 g/mol. The summed E-state index contributed by atoms with van der Waals surface area (Å²) >= 11 is 0. The molecule has 1 N–H and O–H groups in total. The van der Waals surface area contributed by atoms with E-state index in [0.29, 0.717) is 0 Å². The standard InChI is InChI=1S/C13H17F2N/c14-11-7-10(8-12(15)9-11)13-5-3-1-2-4-6-16-13/h7-9,13,16H,1-6H2. The number of hydrogen-bond acceptors (Lipinski definition) is 1. The van der Waals surface area contributed by atoms with E-state index in [9.17, 15) is 8.78 Å². The maximum Gasteiger partial charge on any atom is 0.126 e. The first kappa shape index (κ1) is 11.5. The lowest BCUT2D eigenvalue weighted by Crippen LogP contribution is -2.24. The van der Waals surface area contributed by atoms with Gasteiger partial charge in [-0.2, -0.15) is 0 Å². The predicted molar refractivity (Wildman–Crippen MR) is 60.2 cm³/mol. The van der Waals surface area contributed by atoms with Gasteiger partial charge in [0.25, 0.3) is 0 Å². The first-order chi connectivity index (χ1) is 7.75. The van der Waals surface area contributed by atoms with E-state index >= 15 is 0 Å². The Bertz CT molecular complexity index is 324. The van der Waals surface area contributed by atoms with Crippen LogP contribution in [0.1, 0.15) is 43.7 Å². The Hall–Kier alpha value is -0.960. The Kier molecular flexibility index (Phi) is 3.88. The Labute approximate surface area is 94.9 Å². The third-order valence-electron chi connectivity index (χ3n) is 3.10. The molecule has 0 amide bonds. The predicted octanol–water partition coefficient (Wildman–Crippen LogP) is 3.56. The highest BCUT2D eigenvalue weighted by molar-refractivity contribution is 5.21. The van der Waals surface area contributed by atoms with Crippen LogP contribution < -0.4 is 5.32 Å². The third kappa shape index (κ3) is 3.01. The van der Waals surface area contributed by atoms with Crippen molar-refractivity contribution in [2.75, 3.05) is 6.54 Å². The first-order valence-electron chi connectivity index (χ1n) is 5.95. The Morgan fingerprint density at radius 3 is 2.38 bits per heavy atom. The van der Waals surface area contributed by atoms with Gasteiger partial charge in [0.05, 0.1) is 0 Å². The van der Waals surface area contributed by atoms with Crippen molar-refractivity contribution in [2.45, 2.75) is 38.1 Å². The van der Waals surface area contributed by atoms with E-state index in [0.717, 1.165) is 37.4 Å². The normalized spacial score (nSPS) is 22.5. The lowest BCUT2D eigenvalue weighted by Gasteiger charge is -2.21. The Morgan fingerprint density at radius 1 is 0.938 bits per heavy atom. The summed E-state index contributed by atoms with van der Waals surface area (Å²) < 4.78 is 26.2. The van der Waals surface area contributed by atoms with Crippen molar-refractivity contribution in [1.29, 1.82) is 0 Å². The van der Waals surface area contributed by atoms with Crippen molar-refractivity contribution >= 4 is 0 Å². The van der Waals surface area contributed by atoms with Gasteiger partial charge in [0, 0.05) is 12.1 Å². The second-order valence-corrected chi connectivity index (χ2v) is 4.41. The largest absolute Gasteiger partial charge is 0.310 e. The molecule has 1 aliphatic heterocycles. The molecule has 2 rings (SSSR count). The minimum atomic E-state index is -0.487. The van der Waals surface area contributed by atoms with Gasteiger partial charge in [-0.3, -0.25) is 0 Å². The summed E-state index contributed by atoms with van der Waals surface area (Å²) in [5, 5.41) is 3.36. The lowest BCUT2D eigenvalue weighted by molar-refractivity contribution is 0.424. The summed E-state index contributed by atoms with van der Waals surface area (Å²) in [4.78, 5) is 0. The molecule has 1 unspecified atom stereocenters. The lowest BCUT2D eigenvalue weighted by atomic mass is 9.97. The van der Waals surface area contributed by atoms with Gasteiger partial charge in [0.15, 0.2) is 0 Å². The highest BCUT2D eigenvalue weighted by atomic mass is 19.1. The molecule has 1 saturated heterocycles. The zero-order valence-corrected chi connectivity index (χ0v) is 9.31. The summed E-state index contributed by atoms with van der Waals surface area (Å²) in [6, 6.07) is 3.89. The number of rotatable bonds is 1. The van der Waals surface area contributed by atoms with Crippen molar-refractivity contribution in [3.63, 3.8) is 0 Å². The quantitative estimate of drug-likeness (QED) is 0.770. The van der Waals surface area contributed by atoms with Crippen LogP contribution >= 0.6 is 0 Å².